The molecule has 0 saturated carbocycles. The molecule has 0 amide bonds. The molecule has 5 nitrogen and oxygen atoms in total. The molecule has 6 heteroatoms. The van der Waals surface area contributed by atoms with Crippen LogP contribution >= 0.6 is 11.6 Å². The van der Waals surface area contributed by atoms with Crippen molar-refractivity contribution in [1.29, 1.82) is 0 Å². The van der Waals surface area contributed by atoms with Gasteiger partial charge in [0, 0.05) is 44.7 Å². The zero-order valence-electron chi connectivity index (χ0n) is 11.5. The summed E-state index contributed by atoms with van der Waals surface area (Å²) in [6, 6.07) is 1.68. The highest BCUT2D eigenvalue weighted by Gasteiger charge is 2.15. The van der Waals surface area contributed by atoms with Crippen molar-refractivity contribution in [3.8, 4) is 0 Å². The number of halogens is 1. The molecular formula is C13H21ClN4O. The van der Waals surface area contributed by atoms with Crippen LogP contribution in [0.15, 0.2) is 17.1 Å². The lowest BCUT2D eigenvalue weighted by Gasteiger charge is -2.33. The smallest absolute Gasteiger partial charge is 0.268 e. The first-order valence-corrected chi connectivity index (χ1v) is 7.20. The lowest BCUT2D eigenvalue weighted by atomic mass is 10.2. The van der Waals surface area contributed by atoms with Crippen LogP contribution in [0.25, 0.3) is 0 Å². The number of piperazine rings is 1. The summed E-state index contributed by atoms with van der Waals surface area (Å²) in [4.78, 5) is 16.5. The van der Waals surface area contributed by atoms with E-state index in [1.165, 1.54) is 4.68 Å². The highest BCUT2D eigenvalue weighted by molar-refractivity contribution is 6.18. The Kier molecular flexibility index (Phi) is 4.82. The molecule has 0 radical (unpaired) electrons. The second-order valence-corrected chi connectivity index (χ2v) is 5.59. The third kappa shape index (κ3) is 3.70. The van der Waals surface area contributed by atoms with E-state index in [1.54, 1.807) is 12.3 Å². The lowest BCUT2D eigenvalue weighted by molar-refractivity contribution is 0.312. The van der Waals surface area contributed by atoms with Gasteiger partial charge in [-0.05, 0) is 13.0 Å². The van der Waals surface area contributed by atoms with Gasteiger partial charge in [-0.2, -0.15) is 5.10 Å². The van der Waals surface area contributed by atoms with Crippen LogP contribution in [-0.4, -0.2) is 53.8 Å². The van der Waals surface area contributed by atoms with Crippen LogP contribution in [-0.2, 0) is 6.54 Å². The predicted octanol–water partition coefficient (Wildman–Crippen LogP) is 0.870. The molecule has 1 saturated heterocycles. The normalized spacial score (nSPS) is 18.6. The van der Waals surface area contributed by atoms with Gasteiger partial charge in [0.15, 0.2) is 0 Å². The van der Waals surface area contributed by atoms with Crippen LogP contribution in [0.2, 0.25) is 0 Å². The van der Waals surface area contributed by atoms with E-state index in [1.807, 2.05) is 6.92 Å². The quantitative estimate of drug-likeness (QED) is 0.770. The molecule has 0 aliphatic carbocycles. The van der Waals surface area contributed by atoms with Gasteiger partial charge in [-0.1, -0.05) is 6.92 Å². The summed E-state index contributed by atoms with van der Waals surface area (Å²) in [6.07, 6.45) is 1.79. The van der Waals surface area contributed by atoms with E-state index in [0.717, 1.165) is 31.9 Å². The Balaban J connectivity index is 2.08. The zero-order chi connectivity index (χ0) is 13.8. The average Bonchev–Trinajstić information content (AvgIpc) is 2.41. The molecule has 106 valence electrons. The fraction of sp³-hybridized carbons (Fsp3) is 0.692. The highest BCUT2D eigenvalue weighted by Crippen LogP contribution is 2.12. The van der Waals surface area contributed by atoms with E-state index in [9.17, 15) is 4.79 Å². The number of hydrogen-bond donors (Lipinski definition) is 0. The lowest BCUT2D eigenvalue weighted by Crippen LogP contribution is -2.45. The molecule has 0 aromatic carbocycles. The Morgan fingerprint density at radius 2 is 2.05 bits per heavy atom. The van der Waals surface area contributed by atoms with E-state index < -0.39 is 0 Å². The maximum atomic E-state index is 12.0. The largest absolute Gasteiger partial charge is 0.368 e. The first-order valence-electron chi connectivity index (χ1n) is 6.67. The fourth-order valence-corrected chi connectivity index (χ4v) is 2.24. The van der Waals surface area contributed by atoms with Gasteiger partial charge in [0.1, 0.15) is 0 Å². The molecule has 2 heterocycles. The summed E-state index contributed by atoms with van der Waals surface area (Å²) in [5.74, 6) is 0.787. The third-order valence-corrected chi connectivity index (χ3v) is 4.00. The maximum Gasteiger partial charge on any atom is 0.268 e. The Morgan fingerprint density at radius 1 is 1.37 bits per heavy atom. The summed E-state index contributed by atoms with van der Waals surface area (Å²) < 4.78 is 1.49. The van der Waals surface area contributed by atoms with Crippen molar-refractivity contribution in [3.05, 3.63) is 22.6 Å². The van der Waals surface area contributed by atoms with Crippen LogP contribution in [0.5, 0.6) is 0 Å². The molecule has 0 N–H and O–H groups in total. The maximum absolute atomic E-state index is 12.0. The molecule has 19 heavy (non-hydrogen) atoms. The Morgan fingerprint density at radius 3 is 2.63 bits per heavy atom. The first kappa shape index (κ1) is 14.3. The number of likely N-dealkylation sites (N-methyl/N-ethyl adjacent to an activating group) is 1. The topological polar surface area (TPSA) is 41.4 Å². The van der Waals surface area contributed by atoms with Crippen LogP contribution in [0.3, 0.4) is 0 Å². The second kappa shape index (κ2) is 6.39. The molecule has 1 unspecified atom stereocenters. The van der Waals surface area contributed by atoms with Crippen molar-refractivity contribution in [2.75, 3.05) is 44.0 Å². The van der Waals surface area contributed by atoms with Crippen LogP contribution < -0.4 is 10.5 Å². The summed E-state index contributed by atoms with van der Waals surface area (Å²) in [7, 11) is 2.11. The van der Waals surface area contributed by atoms with Gasteiger partial charge in [-0.3, -0.25) is 4.79 Å². The summed E-state index contributed by atoms with van der Waals surface area (Å²) >= 11 is 5.76. The van der Waals surface area contributed by atoms with Gasteiger partial charge in [0.05, 0.1) is 11.9 Å². The molecular weight excluding hydrogens is 264 g/mol. The first-order chi connectivity index (χ1) is 9.10. The van der Waals surface area contributed by atoms with Crippen molar-refractivity contribution in [3.63, 3.8) is 0 Å². The van der Waals surface area contributed by atoms with E-state index >= 15 is 0 Å². The average molecular weight is 285 g/mol. The summed E-state index contributed by atoms with van der Waals surface area (Å²) in [5, 5.41) is 4.25. The Hall–Kier alpha value is -1.07. The third-order valence-electron chi connectivity index (χ3n) is 3.47. The van der Waals surface area contributed by atoms with Crippen LogP contribution in [0, 0.1) is 5.92 Å². The molecule has 0 spiro atoms. The van der Waals surface area contributed by atoms with Gasteiger partial charge < -0.3 is 9.80 Å². The summed E-state index contributed by atoms with van der Waals surface area (Å²) in [5.41, 5.74) is 0.876. The highest BCUT2D eigenvalue weighted by atomic mass is 35.5. The van der Waals surface area contributed by atoms with Crippen molar-refractivity contribution in [1.82, 2.24) is 14.7 Å². The Labute approximate surface area is 118 Å². The molecule has 1 aromatic heterocycles. The van der Waals surface area contributed by atoms with Gasteiger partial charge in [0.2, 0.25) is 0 Å². The van der Waals surface area contributed by atoms with E-state index in [-0.39, 0.29) is 11.5 Å². The monoisotopic (exact) mass is 284 g/mol. The fourth-order valence-electron chi connectivity index (χ4n) is 2.14. The van der Waals surface area contributed by atoms with Gasteiger partial charge in [0.25, 0.3) is 5.56 Å². The van der Waals surface area contributed by atoms with E-state index in [0.29, 0.717) is 12.4 Å². The summed E-state index contributed by atoms with van der Waals surface area (Å²) in [6.45, 7) is 6.51. The number of alkyl halides is 1. The van der Waals surface area contributed by atoms with Gasteiger partial charge in [-0.25, -0.2) is 4.68 Å². The molecule has 1 atom stereocenters. The molecule has 1 fully saturated rings. The number of nitrogens with zero attached hydrogens (tertiary/aromatic N) is 4. The molecule has 1 aliphatic heterocycles. The van der Waals surface area contributed by atoms with Crippen molar-refractivity contribution in [2.24, 2.45) is 5.92 Å². The predicted molar refractivity (Wildman–Crippen MR) is 78.1 cm³/mol. The molecule has 1 aliphatic rings. The molecule has 1 aromatic rings. The number of rotatable bonds is 4. The zero-order valence-corrected chi connectivity index (χ0v) is 12.3. The number of aromatic nitrogens is 2. The SMILES string of the molecule is CC(CCl)Cn1ncc(N2CCN(C)CC2)cc1=O. The van der Waals surface area contributed by atoms with E-state index in [4.69, 9.17) is 11.6 Å². The molecule has 0 bridgehead atoms. The van der Waals surface area contributed by atoms with Crippen molar-refractivity contribution in [2.45, 2.75) is 13.5 Å². The van der Waals surface area contributed by atoms with E-state index in [2.05, 4.69) is 21.9 Å². The van der Waals surface area contributed by atoms with Crippen LogP contribution in [0.1, 0.15) is 6.92 Å². The molecule has 2 rings (SSSR count). The standard InChI is InChI=1S/C13H21ClN4O/c1-11(8-14)10-18-13(19)7-12(9-15-18)17-5-3-16(2)4-6-17/h7,9,11H,3-6,8,10H2,1-2H3. The van der Waals surface area contributed by atoms with Crippen molar-refractivity contribution >= 4 is 17.3 Å². The van der Waals surface area contributed by atoms with Gasteiger partial charge >= 0.3 is 0 Å². The number of hydrogen-bond acceptors (Lipinski definition) is 4. The second-order valence-electron chi connectivity index (χ2n) is 5.28. The van der Waals surface area contributed by atoms with Crippen LogP contribution in [0.4, 0.5) is 5.69 Å². The Bertz CT molecular complexity index is 468. The minimum absolute atomic E-state index is 0.0478. The van der Waals surface area contributed by atoms with Gasteiger partial charge in [-0.15, -0.1) is 11.6 Å². The minimum Gasteiger partial charge on any atom is -0.368 e. The number of anilines is 1. The minimum atomic E-state index is -0.0478. The van der Waals surface area contributed by atoms with Crippen molar-refractivity contribution < 1.29 is 0 Å².